The SMILES string of the molecule is c1ccc2c(c1)C(=NOCC1CCCCC1)CC(=NOCC1CCCCC1)c1ccccc1-2. The van der Waals surface area contributed by atoms with E-state index in [4.69, 9.17) is 20.0 Å². The summed E-state index contributed by atoms with van der Waals surface area (Å²) < 4.78 is 0. The van der Waals surface area contributed by atoms with Crippen LogP contribution < -0.4 is 0 Å². The summed E-state index contributed by atoms with van der Waals surface area (Å²) in [6.07, 6.45) is 13.6. The van der Waals surface area contributed by atoms with E-state index in [1.165, 1.54) is 75.3 Å². The molecule has 0 aromatic heterocycles. The van der Waals surface area contributed by atoms with E-state index in [0.717, 1.165) is 22.6 Å². The Morgan fingerprint density at radius 1 is 0.545 bits per heavy atom. The van der Waals surface area contributed by atoms with Crippen LogP contribution in [0.15, 0.2) is 58.8 Å². The molecule has 174 valence electrons. The van der Waals surface area contributed by atoms with Gasteiger partial charge in [0.2, 0.25) is 0 Å². The van der Waals surface area contributed by atoms with Gasteiger partial charge in [-0.2, -0.15) is 0 Å². The molecule has 0 heterocycles. The maximum absolute atomic E-state index is 5.96. The van der Waals surface area contributed by atoms with Gasteiger partial charge >= 0.3 is 0 Å². The molecule has 33 heavy (non-hydrogen) atoms. The van der Waals surface area contributed by atoms with Crippen LogP contribution >= 0.6 is 0 Å². The fraction of sp³-hybridized carbons (Fsp3) is 0.517. The molecule has 4 nitrogen and oxygen atoms in total. The van der Waals surface area contributed by atoms with Crippen molar-refractivity contribution < 1.29 is 9.68 Å². The summed E-state index contributed by atoms with van der Waals surface area (Å²) in [5.41, 5.74) is 6.52. The second-order valence-electron chi connectivity index (χ2n) is 9.94. The van der Waals surface area contributed by atoms with E-state index in [9.17, 15) is 0 Å². The Morgan fingerprint density at radius 2 is 0.939 bits per heavy atom. The summed E-state index contributed by atoms with van der Waals surface area (Å²) in [6.45, 7) is 1.42. The Morgan fingerprint density at radius 3 is 1.36 bits per heavy atom. The van der Waals surface area contributed by atoms with Crippen LogP contribution in [-0.4, -0.2) is 24.6 Å². The Labute approximate surface area is 198 Å². The standard InChI is InChI=1S/C29H36N2O2/c1-3-11-22(12-4-1)20-32-30-28-19-29(31-33-21-23-13-5-2-6-14-23)27-18-10-8-16-25(27)24-15-7-9-17-26(24)28/h7-10,15-18,22-23H,1-6,11-14,19-21H2. The molecule has 5 rings (SSSR count). The lowest BCUT2D eigenvalue weighted by atomic mass is 9.90. The predicted molar refractivity (Wildman–Crippen MR) is 135 cm³/mol. The van der Waals surface area contributed by atoms with Gasteiger partial charge in [-0.15, -0.1) is 0 Å². The fourth-order valence-electron chi connectivity index (χ4n) is 5.60. The van der Waals surface area contributed by atoms with Crippen molar-refractivity contribution in [3.8, 4) is 11.1 Å². The number of nitrogens with zero attached hydrogens (tertiary/aromatic N) is 2. The topological polar surface area (TPSA) is 43.2 Å². The van der Waals surface area contributed by atoms with Gasteiger partial charge in [0.15, 0.2) is 0 Å². The number of benzene rings is 2. The van der Waals surface area contributed by atoms with Gasteiger partial charge in [-0.25, -0.2) is 0 Å². The van der Waals surface area contributed by atoms with E-state index >= 15 is 0 Å². The maximum Gasteiger partial charge on any atom is 0.120 e. The molecule has 2 aromatic rings. The van der Waals surface area contributed by atoms with Gasteiger partial charge in [0.25, 0.3) is 0 Å². The van der Waals surface area contributed by atoms with Crippen LogP contribution in [-0.2, 0) is 9.68 Å². The van der Waals surface area contributed by atoms with Gasteiger partial charge in [0, 0.05) is 17.5 Å². The minimum atomic E-state index is 0.614. The van der Waals surface area contributed by atoms with Gasteiger partial charge in [-0.05, 0) is 48.6 Å². The average molecular weight is 445 g/mol. The molecule has 2 saturated carbocycles. The van der Waals surface area contributed by atoms with E-state index in [2.05, 4.69) is 48.5 Å². The van der Waals surface area contributed by atoms with Crippen molar-refractivity contribution in [2.75, 3.05) is 13.2 Å². The molecule has 0 bridgehead atoms. The molecule has 0 aliphatic heterocycles. The van der Waals surface area contributed by atoms with Crippen molar-refractivity contribution in [1.29, 1.82) is 0 Å². The van der Waals surface area contributed by atoms with Crippen LogP contribution in [0, 0.1) is 11.8 Å². The number of hydrogen-bond donors (Lipinski definition) is 0. The van der Waals surface area contributed by atoms with Crippen LogP contribution in [0.1, 0.15) is 81.8 Å². The average Bonchev–Trinajstić information content (AvgIpc) is 3.01. The monoisotopic (exact) mass is 444 g/mol. The van der Waals surface area contributed by atoms with Crippen LogP contribution in [0.4, 0.5) is 0 Å². The van der Waals surface area contributed by atoms with Gasteiger partial charge < -0.3 is 9.68 Å². The summed E-state index contributed by atoms with van der Waals surface area (Å²) in [7, 11) is 0. The first-order chi connectivity index (χ1) is 16.4. The highest BCUT2D eigenvalue weighted by atomic mass is 16.6. The van der Waals surface area contributed by atoms with Crippen molar-refractivity contribution in [3.63, 3.8) is 0 Å². The zero-order valence-electron chi connectivity index (χ0n) is 19.7. The highest BCUT2D eigenvalue weighted by Crippen LogP contribution is 2.33. The van der Waals surface area contributed by atoms with E-state index < -0.39 is 0 Å². The molecule has 3 aliphatic carbocycles. The molecule has 2 fully saturated rings. The zero-order valence-corrected chi connectivity index (χ0v) is 19.7. The largest absolute Gasteiger partial charge is 0.395 e. The van der Waals surface area contributed by atoms with Crippen LogP contribution in [0.5, 0.6) is 0 Å². The van der Waals surface area contributed by atoms with Crippen molar-refractivity contribution in [3.05, 3.63) is 59.7 Å². The lowest BCUT2D eigenvalue weighted by Gasteiger charge is -2.20. The number of hydrogen-bond acceptors (Lipinski definition) is 4. The van der Waals surface area contributed by atoms with Crippen molar-refractivity contribution >= 4 is 11.4 Å². The Hall–Kier alpha value is -2.62. The van der Waals surface area contributed by atoms with Gasteiger partial charge in [0.1, 0.15) is 13.2 Å². The van der Waals surface area contributed by atoms with Gasteiger partial charge in [-0.3, -0.25) is 0 Å². The maximum atomic E-state index is 5.96. The van der Waals surface area contributed by atoms with Crippen molar-refractivity contribution in [1.82, 2.24) is 0 Å². The van der Waals surface area contributed by atoms with E-state index in [1.807, 2.05) is 0 Å². The summed E-state index contributed by atoms with van der Waals surface area (Å²) in [6, 6.07) is 17.0. The van der Waals surface area contributed by atoms with Crippen molar-refractivity contribution in [2.45, 2.75) is 70.6 Å². The molecule has 0 radical (unpaired) electrons. The molecule has 3 aliphatic rings. The van der Waals surface area contributed by atoms with Gasteiger partial charge in [0.05, 0.1) is 11.4 Å². The highest BCUT2D eigenvalue weighted by Gasteiger charge is 2.24. The van der Waals surface area contributed by atoms with Gasteiger partial charge in [-0.1, -0.05) is 97.4 Å². The Balaban J connectivity index is 1.40. The molecule has 0 atom stereocenters. The quantitative estimate of drug-likeness (QED) is 0.437. The van der Waals surface area contributed by atoms with E-state index in [-0.39, 0.29) is 0 Å². The minimum absolute atomic E-state index is 0.614. The molecule has 0 unspecified atom stereocenters. The Bertz CT molecular complexity index is 905. The zero-order chi connectivity index (χ0) is 22.3. The summed E-state index contributed by atoms with van der Waals surface area (Å²) in [4.78, 5) is 11.9. The molecule has 2 aromatic carbocycles. The normalized spacial score (nSPS) is 21.9. The van der Waals surface area contributed by atoms with Crippen molar-refractivity contribution in [2.24, 2.45) is 22.1 Å². The molecular weight excluding hydrogens is 408 g/mol. The molecule has 0 N–H and O–H groups in total. The number of fused-ring (bicyclic) bond motifs is 3. The second-order valence-corrected chi connectivity index (χ2v) is 9.94. The van der Waals surface area contributed by atoms with Crippen LogP contribution in [0.2, 0.25) is 0 Å². The summed E-state index contributed by atoms with van der Waals surface area (Å²) in [5.74, 6) is 1.27. The summed E-state index contributed by atoms with van der Waals surface area (Å²) >= 11 is 0. The van der Waals surface area contributed by atoms with E-state index in [0.29, 0.717) is 31.5 Å². The molecule has 0 spiro atoms. The molecule has 0 saturated heterocycles. The molecular formula is C29H36N2O2. The Kier molecular flexibility index (Phi) is 7.40. The lowest BCUT2D eigenvalue weighted by molar-refractivity contribution is 0.0903. The van der Waals surface area contributed by atoms with E-state index in [1.54, 1.807) is 0 Å². The third kappa shape index (κ3) is 5.48. The second kappa shape index (κ2) is 11.0. The number of oxime groups is 2. The van der Waals surface area contributed by atoms with Crippen LogP contribution in [0.3, 0.4) is 0 Å². The lowest BCUT2D eigenvalue weighted by Crippen LogP contribution is -2.15. The predicted octanol–water partition coefficient (Wildman–Crippen LogP) is 7.36. The third-order valence-electron chi connectivity index (χ3n) is 7.52. The van der Waals surface area contributed by atoms with Crippen LogP contribution in [0.25, 0.3) is 11.1 Å². The molecule has 4 heteroatoms. The highest BCUT2D eigenvalue weighted by molar-refractivity contribution is 6.24. The summed E-state index contributed by atoms with van der Waals surface area (Å²) in [5, 5.41) is 9.38. The number of rotatable bonds is 6. The smallest absolute Gasteiger partial charge is 0.120 e. The first kappa shape index (κ1) is 22.2. The first-order valence-corrected chi connectivity index (χ1v) is 13.0. The fourth-order valence-corrected chi connectivity index (χ4v) is 5.60. The third-order valence-corrected chi connectivity index (χ3v) is 7.52. The molecule has 0 amide bonds. The first-order valence-electron chi connectivity index (χ1n) is 13.0. The minimum Gasteiger partial charge on any atom is -0.395 e.